The number of aliphatic hydroxyl groups excluding tert-OH is 1. The van der Waals surface area contributed by atoms with Crippen LogP contribution in [0.2, 0.25) is 0 Å². The van der Waals surface area contributed by atoms with Crippen molar-refractivity contribution < 1.29 is 18.3 Å². The van der Waals surface area contributed by atoms with Crippen LogP contribution in [0.25, 0.3) is 33.1 Å². The van der Waals surface area contributed by atoms with Gasteiger partial charge in [0.1, 0.15) is 18.0 Å². The van der Waals surface area contributed by atoms with Crippen LogP contribution in [0.1, 0.15) is 12.5 Å². The number of aliphatic hydroxyl groups is 1. The van der Waals surface area contributed by atoms with E-state index in [4.69, 9.17) is 9.84 Å². The number of benzene rings is 2. The fourth-order valence-corrected chi connectivity index (χ4v) is 4.43. The fourth-order valence-electron chi connectivity index (χ4n) is 3.51. The minimum Gasteiger partial charge on any atom is -0.489 e. The van der Waals surface area contributed by atoms with E-state index in [0.717, 1.165) is 38.6 Å². The van der Waals surface area contributed by atoms with Gasteiger partial charge in [0, 0.05) is 17.0 Å². The maximum atomic E-state index is 12.4. The van der Waals surface area contributed by atoms with E-state index < -0.39 is 9.84 Å². The van der Waals surface area contributed by atoms with E-state index in [1.165, 1.54) is 0 Å². The first-order valence-corrected chi connectivity index (χ1v) is 11.1. The standard InChI is InChI=1S/C22H22N2O4S/c1-3-29(26,27)16-6-4-5-15(12-16)17-7-8-19(28-10-9-25)21-20(17)18-11-14(2)13-23-22(18)24-21/h4-8,11-13,25H,3,9-10H2,1-2H3,(H,23,24). The zero-order valence-electron chi connectivity index (χ0n) is 16.3. The van der Waals surface area contributed by atoms with Crippen molar-refractivity contribution in [2.24, 2.45) is 0 Å². The molecular formula is C22H22N2O4S. The molecule has 7 heteroatoms. The van der Waals surface area contributed by atoms with Crippen molar-refractivity contribution in [1.29, 1.82) is 0 Å². The predicted octanol–water partition coefficient (Wildman–Crippen LogP) is 3.86. The minimum absolute atomic E-state index is 0.0516. The second kappa shape index (κ2) is 7.50. The minimum atomic E-state index is -3.31. The molecule has 6 nitrogen and oxygen atoms in total. The highest BCUT2D eigenvalue weighted by Crippen LogP contribution is 2.39. The fraction of sp³-hybridized carbons (Fsp3) is 0.227. The Kier molecular flexibility index (Phi) is 5.02. The average Bonchev–Trinajstić information content (AvgIpc) is 3.11. The highest BCUT2D eigenvalue weighted by molar-refractivity contribution is 7.91. The lowest BCUT2D eigenvalue weighted by Gasteiger charge is -2.11. The van der Waals surface area contributed by atoms with Crippen LogP contribution in [0, 0.1) is 6.92 Å². The molecule has 4 rings (SSSR count). The molecule has 0 fully saturated rings. The van der Waals surface area contributed by atoms with Crippen molar-refractivity contribution >= 4 is 31.8 Å². The van der Waals surface area contributed by atoms with E-state index >= 15 is 0 Å². The van der Waals surface area contributed by atoms with Gasteiger partial charge in [-0.1, -0.05) is 19.1 Å². The predicted molar refractivity (Wildman–Crippen MR) is 114 cm³/mol. The molecule has 0 aliphatic rings. The summed E-state index contributed by atoms with van der Waals surface area (Å²) in [5.74, 6) is 0.668. The number of hydrogen-bond acceptors (Lipinski definition) is 5. The molecule has 150 valence electrons. The van der Waals surface area contributed by atoms with Gasteiger partial charge in [-0.05, 0) is 53.9 Å². The summed E-state index contributed by atoms with van der Waals surface area (Å²) in [6.45, 7) is 3.71. The molecule has 0 bridgehead atoms. The van der Waals surface area contributed by atoms with Crippen molar-refractivity contribution in [1.82, 2.24) is 9.97 Å². The van der Waals surface area contributed by atoms with Gasteiger partial charge in [0.15, 0.2) is 9.84 Å². The van der Waals surface area contributed by atoms with Crippen LogP contribution in [0.4, 0.5) is 0 Å². The van der Waals surface area contributed by atoms with Gasteiger partial charge in [0.2, 0.25) is 0 Å². The number of nitrogens with one attached hydrogen (secondary N) is 1. The number of aryl methyl sites for hydroxylation is 1. The van der Waals surface area contributed by atoms with Crippen LogP contribution in [0.3, 0.4) is 0 Å². The third-order valence-electron chi connectivity index (χ3n) is 4.94. The highest BCUT2D eigenvalue weighted by Gasteiger charge is 2.18. The van der Waals surface area contributed by atoms with Crippen LogP contribution >= 0.6 is 0 Å². The van der Waals surface area contributed by atoms with E-state index in [9.17, 15) is 8.42 Å². The van der Waals surface area contributed by atoms with Crippen LogP contribution < -0.4 is 4.74 Å². The second-order valence-corrected chi connectivity index (χ2v) is 9.18. The summed E-state index contributed by atoms with van der Waals surface area (Å²) in [7, 11) is -3.31. The van der Waals surface area contributed by atoms with Crippen molar-refractivity contribution in [2.75, 3.05) is 19.0 Å². The van der Waals surface area contributed by atoms with Crippen molar-refractivity contribution in [3.05, 3.63) is 54.2 Å². The third kappa shape index (κ3) is 3.47. The maximum absolute atomic E-state index is 12.4. The molecule has 0 atom stereocenters. The van der Waals surface area contributed by atoms with Gasteiger partial charge >= 0.3 is 0 Å². The van der Waals surface area contributed by atoms with Crippen LogP contribution in [0.5, 0.6) is 5.75 Å². The van der Waals surface area contributed by atoms with Gasteiger partial charge in [-0.2, -0.15) is 0 Å². The topological polar surface area (TPSA) is 92.3 Å². The van der Waals surface area contributed by atoms with E-state index in [-0.39, 0.29) is 19.0 Å². The summed E-state index contributed by atoms with van der Waals surface area (Å²) in [5, 5.41) is 11.0. The Labute approximate surface area is 169 Å². The van der Waals surface area contributed by atoms with Crippen molar-refractivity contribution in [2.45, 2.75) is 18.7 Å². The Morgan fingerprint density at radius 3 is 2.76 bits per heavy atom. The average molecular weight is 410 g/mol. The van der Waals surface area contributed by atoms with Crippen molar-refractivity contribution in [3.8, 4) is 16.9 Å². The number of aromatic nitrogens is 2. The molecule has 0 saturated heterocycles. The molecule has 2 heterocycles. The van der Waals surface area contributed by atoms with E-state index in [2.05, 4.69) is 9.97 Å². The zero-order valence-corrected chi connectivity index (χ0v) is 17.1. The second-order valence-electron chi connectivity index (χ2n) is 6.90. The molecular weight excluding hydrogens is 388 g/mol. The van der Waals surface area contributed by atoms with Crippen molar-refractivity contribution in [3.63, 3.8) is 0 Å². The number of sulfone groups is 1. The highest BCUT2D eigenvalue weighted by atomic mass is 32.2. The Balaban J connectivity index is 2.02. The monoisotopic (exact) mass is 410 g/mol. The Morgan fingerprint density at radius 1 is 1.17 bits per heavy atom. The van der Waals surface area contributed by atoms with E-state index in [1.54, 1.807) is 31.3 Å². The third-order valence-corrected chi connectivity index (χ3v) is 6.67. The van der Waals surface area contributed by atoms with Gasteiger partial charge in [-0.25, -0.2) is 13.4 Å². The van der Waals surface area contributed by atoms with Gasteiger partial charge in [0.25, 0.3) is 0 Å². The summed E-state index contributed by atoms with van der Waals surface area (Å²) in [5.41, 5.74) is 4.22. The lowest BCUT2D eigenvalue weighted by Crippen LogP contribution is -2.03. The molecule has 0 aliphatic carbocycles. The largest absolute Gasteiger partial charge is 0.489 e. The summed E-state index contributed by atoms with van der Waals surface area (Å²) in [6, 6.07) is 12.8. The van der Waals surface area contributed by atoms with Crippen LogP contribution in [-0.4, -0.2) is 42.5 Å². The van der Waals surface area contributed by atoms with E-state index in [0.29, 0.717) is 10.6 Å². The molecule has 29 heavy (non-hydrogen) atoms. The number of pyridine rings is 1. The van der Waals surface area contributed by atoms with Gasteiger partial charge < -0.3 is 14.8 Å². The molecule has 0 saturated carbocycles. The Morgan fingerprint density at radius 2 is 2.00 bits per heavy atom. The molecule has 2 aromatic heterocycles. The van der Waals surface area contributed by atoms with Crippen LogP contribution in [-0.2, 0) is 9.84 Å². The first-order chi connectivity index (χ1) is 13.9. The maximum Gasteiger partial charge on any atom is 0.178 e. The molecule has 0 amide bonds. The summed E-state index contributed by atoms with van der Waals surface area (Å²) < 4.78 is 30.4. The normalized spacial score (nSPS) is 12.0. The van der Waals surface area contributed by atoms with Gasteiger partial charge in [0.05, 0.1) is 22.8 Å². The molecule has 0 unspecified atom stereocenters. The lowest BCUT2D eigenvalue weighted by molar-refractivity contribution is 0.202. The zero-order chi connectivity index (χ0) is 20.6. The molecule has 0 spiro atoms. The first kappa shape index (κ1) is 19.4. The number of aromatic amines is 1. The van der Waals surface area contributed by atoms with Gasteiger partial charge in [-0.15, -0.1) is 0 Å². The number of fused-ring (bicyclic) bond motifs is 3. The first-order valence-electron chi connectivity index (χ1n) is 9.42. The molecule has 2 aromatic carbocycles. The Hall–Kier alpha value is -2.90. The van der Waals surface area contributed by atoms with Crippen LogP contribution in [0.15, 0.2) is 53.6 Å². The molecule has 4 aromatic rings. The molecule has 2 N–H and O–H groups in total. The number of rotatable bonds is 6. The smallest absolute Gasteiger partial charge is 0.178 e. The number of hydrogen-bond donors (Lipinski definition) is 2. The van der Waals surface area contributed by atoms with E-state index in [1.807, 2.05) is 31.2 Å². The molecule has 0 radical (unpaired) electrons. The SMILES string of the molecule is CCS(=O)(=O)c1cccc(-c2ccc(OCCO)c3[nH]c4ncc(C)cc4c23)c1. The summed E-state index contributed by atoms with van der Waals surface area (Å²) in [6.07, 6.45) is 1.79. The summed E-state index contributed by atoms with van der Waals surface area (Å²) in [4.78, 5) is 8.11. The number of ether oxygens (including phenoxy) is 1. The summed E-state index contributed by atoms with van der Waals surface area (Å²) >= 11 is 0. The lowest BCUT2D eigenvalue weighted by atomic mass is 9.99. The number of nitrogens with zero attached hydrogens (tertiary/aromatic N) is 1. The van der Waals surface area contributed by atoms with Gasteiger partial charge in [-0.3, -0.25) is 0 Å². The quantitative estimate of drug-likeness (QED) is 0.504. The Bertz CT molecular complexity index is 1310. The number of H-pyrrole nitrogens is 1. The molecule has 0 aliphatic heterocycles.